The van der Waals surface area contributed by atoms with E-state index in [1.165, 1.54) is 11.0 Å². The molecule has 0 atom stereocenters. The highest BCUT2D eigenvalue weighted by Crippen LogP contribution is 2.19. The van der Waals surface area contributed by atoms with Gasteiger partial charge in [-0.3, -0.25) is 4.90 Å². The van der Waals surface area contributed by atoms with Gasteiger partial charge in [0.15, 0.2) is 0 Å². The first-order valence-electron chi connectivity index (χ1n) is 6.26. The van der Waals surface area contributed by atoms with Gasteiger partial charge in [-0.25, -0.2) is 4.79 Å². The van der Waals surface area contributed by atoms with Crippen molar-refractivity contribution in [2.45, 2.75) is 26.5 Å². The second-order valence-corrected chi connectivity index (χ2v) is 5.63. The fraction of sp³-hybridized carbons (Fsp3) is 0.500. The summed E-state index contributed by atoms with van der Waals surface area (Å²) in [5, 5.41) is 10.6. The van der Waals surface area contributed by atoms with E-state index >= 15 is 0 Å². The maximum absolute atomic E-state index is 10.5. The standard InChI is InChI=1S/C14H21NO3S/c1-11(2)18-8-7-15(3)10-13-12(6-9-19-13)4-5-14(16)17/h4-6,9,11H,7-8,10H2,1-3H3,(H,16,17)/b5-4+. The molecule has 0 saturated carbocycles. The number of carboxylic acid groups (broad SMARTS) is 1. The Morgan fingerprint density at radius 2 is 2.32 bits per heavy atom. The molecule has 19 heavy (non-hydrogen) atoms. The summed E-state index contributed by atoms with van der Waals surface area (Å²) in [4.78, 5) is 13.9. The van der Waals surface area contributed by atoms with Crippen LogP contribution >= 0.6 is 11.3 Å². The Labute approximate surface area is 118 Å². The van der Waals surface area contributed by atoms with Crippen molar-refractivity contribution in [2.75, 3.05) is 20.2 Å². The number of rotatable bonds is 8. The smallest absolute Gasteiger partial charge is 0.328 e. The van der Waals surface area contributed by atoms with Crippen molar-refractivity contribution < 1.29 is 14.6 Å². The number of carboxylic acids is 1. The molecule has 1 aromatic heterocycles. The zero-order valence-corrected chi connectivity index (χ0v) is 12.4. The van der Waals surface area contributed by atoms with Gasteiger partial charge in [0.05, 0.1) is 12.7 Å². The zero-order chi connectivity index (χ0) is 14.3. The lowest BCUT2D eigenvalue weighted by atomic mass is 10.2. The third-order valence-corrected chi connectivity index (χ3v) is 3.44. The third-order valence-electron chi connectivity index (χ3n) is 2.52. The molecule has 0 aliphatic rings. The minimum Gasteiger partial charge on any atom is -0.478 e. The van der Waals surface area contributed by atoms with Gasteiger partial charge in [-0.05, 0) is 44.0 Å². The molecule has 0 bridgehead atoms. The van der Waals surface area contributed by atoms with E-state index in [1.54, 1.807) is 17.4 Å². The molecule has 4 nitrogen and oxygen atoms in total. The first-order valence-corrected chi connectivity index (χ1v) is 7.14. The molecule has 5 heteroatoms. The SMILES string of the molecule is CC(C)OCCN(C)Cc1sccc1/C=C/C(=O)O. The Bertz CT molecular complexity index is 426. The number of hydrogen-bond donors (Lipinski definition) is 1. The molecule has 0 aliphatic heterocycles. The van der Waals surface area contributed by atoms with E-state index in [0.717, 1.165) is 18.7 Å². The minimum absolute atomic E-state index is 0.254. The van der Waals surface area contributed by atoms with Gasteiger partial charge in [-0.2, -0.15) is 0 Å². The highest BCUT2D eigenvalue weighted by Gasteiger charge is 2.06. The second-order valence-electron chi connectivity index (χ2n) is 4.63. The summed E-state index contributed by atoms with van der Waals surface area (Å²) in [6, 6.07) is 1.94. The number of likely N-dealkylation sites (N-methyl/N-ethyl adjacent to an activating group) is 1. The van der Waals surface area contributed by atoms with E-state index in [0.29, 0.717) is 6.61 Å². The molecule has 0 fully saturated rings. The molecule has 0 radical (unpaired) electrons. The normalized spacial score (nSPS) is 11.8. The maximum atomic E-state index is 10.5. The second kappa shape index (κ2) is 8.09. The van der Waals surface area contributed by atoms with Crippen molar-refractivity contribution in [3.8, 4) is 0 Å². The van der Waals surface area contributed by atoms with E-state index < -0.39 is 5.97 Å². The monoisotopic (exact) mass is 283 g/mol. The van der Waals surface area contributed by atoms with E-state index in [1.807, 2.05) is 32.3 Å². The highest BCUT2D eigenvalue weighted by molar-refractivity contribution is 7.10. The lowest BCUT2D eigenvalue weighted by Gasteiger charge is -2.17. The summed E-state index contributed by atoms with van der Waals surface area (Å²) < 4.78 is 5.51. The van der Waals surface area contributed by atoms with Crippen LogP contribution in [0.15, 0.2) is 17.5 Å². The van der Waals surface area contributed by atoms with Crippen LogP contribution < -0.4 is 0 Å². The summed E-state index contributed by atoms with van der Waals surface area (Å²) in [6.45, 7) is 6.42. The van der Waals surface area contributed by atoms with E-state index in [9.17, 15) is 4.79 Å². The van der Waals surface area contributed by atoms with Gasteiger partial charge in [0, 0.05) is 24.0 Å². The molecule has 0 saturated heterocycles. The van der Waals surface area contributed by atoms with Crippen LogP contribution in [0.25, 0.3) is 6.08 Å². The lowest BCUT2D eigenvalue weighted by molar-refractivity contribution is -0.131. The van der Waals surface area contributed by atoms with Crippen LogP contribution in [-0.2, 0) is 16.1 Å². The van der Waals surface area contributed by atoms with E-state index in [4.69, 9.17) is 9.84 Å². The summed E-state index contributed by atoms with van der Waals surface area (Å²) in [5.74, 6) is -0.921. The van der Waals surface area contributed by atoms with Crippen molar-refractivity contribution in [2.24, 2.45) is 0 Å². The molecule has 1 N–H and O–H groups in total. The van der Waals surface area contributed by atoms with Gasteiger partial charge in [-0.1, -0.05) is 0 Å². The Kier molecular flexibility index (Phi) is 6.77. The first kappa shape index (κ1) is 15.9. The van der Waals surface area contributed by atoms with Crippen molar-refractivity contribution in [1.82, 2.24) is 4.90 Å². The summed E-state index contributed by atoms with van der Waals surface area (Å²) in [7, 11) is 2.04. The van der Waals surface area contributed by atoms with Crippen LogP contribution in [0.1, 0.15) is 24.3 Å². The summed E-state index contributed by atoms with van der Waals surface area (Å²) >= 11 is 1.64. The zero-order valence-electron chi connectivity index (χ0n) is 11.6. The molecule has 0 aromatic carbocycles. The van der Waals surface area contributed by atoms with E-state index in [-0.39, 0.29) is 6.10 Å². The lowest BCUT2D eigenvalue weighted by Crippen LogP contribution is -2.23. The van der Waals surface area contributed by atoms with Crippen molar-refractivity contribution in [1.29, 1.82) is 0 Å². The molecule has 0 spiro atoms. The van der Waals surface area contributed by atoms with Gasteiger partial charge >= 0.3 is 5.97 Å². The third kappa shape index (κ3) is 6.52. The van der Waals surface area contributed by atoms with Crippen molar-refractivity contribution in [3.63, 3.8) is 0 Å². The van der Waals surface area contributed by atoms with Gasteiger partial charge in [-0.15, -0.1) is 11.3 Å². The largest absolute Gasteiger partial charge is 0.478 e. The van der Waals surface area contributed by atoms with E-state index in [2.05, 4.69) is 4.90 Å². The van der Waals surface area contributed by atoms with Gasteiger partial charge in [0.1, 0.15) is 0 Å². The number of aliphatic carboxylic acids is 1. The Hall–Kier alpha value is -1.17. The average molecular weight is 283 g/mol. The maximum Gasteiger partial charge on any atom is 0.328 e. The Balaban J connectivity index is 2.48. The van der Waals surface area contributed by atoms with Gasteiger partial charge in [0.2, 0.25) is 0 Å². The van der Waals surface area contributed by atoms with Crippen molar-refractivity contribution >= 4 is 23.4 Å². The van der Waals surface area contributed by atoms with Crippen LogP contribution in [0.5, 0.6) is 0 Å². The molecule has 1 aromatic rings. The first-order chi connectivity index (χ1) is 8.99. The number of nitrogens with zero attached hydrogens (tertiary/aromatic N) is 1. The fourth-order valence-electron chi connectivity index (χ4n) is 1.56. The molecular weight excluding hydrogens is 262 g/mol. The minimum atomic E-state index is -0.921. The molecule has 106 valence electrons. The molecule has 0 unspecified atom stereocenters. The topological polar surface area (TPSA) is 49.8 Å². The summed E-state index contributed by atoms with van der Waals surface area (Å²) in [6.07, 6.45) is 3.07. The Morgan fingerprint density at radius 3 is 2.95 bits per heavy atom. The predicted octanol–water partition coefficient (Wildman–Crippen LogP) is 2.70. The van der Waals surface area contributed by atoms with Crippen LogP contribution in [0, 0.1) is 0 Å². The molecular formula is C14H21NO3S. The van der Waals surface area contributed by atoms with Crippen molar-refractivity contribution in [3.05, 3.63) is 28.0 Å². The number of carbonyl (C=O) groups is 1. The quantitative estimate of drug-likeness (QED) is 0.745. The molecule has 1 heterocycles. The summed E-state index contributed by atoms with van der Waals surface area (Å²) in [5.41, 5.74) is 0.976. The number of hydrogen-bond acceptors (Lipinski definition) is 4. The fourth-order valence-corrected chi connectivity index (χ4v) is 2.50. The number of thiophene rings is 1. The van der Waals surface area contributed by atoms with Crippen LogP contribution in [-0.4, -0.2) is 42.3 Å². The molecule has 0 aliphatic carbocycles. The predicted molar refractivity (Wildman–Crippen MR) is 78.4 cm³/mol. The Morgan fingerprint density at radius 1 is 1.58 bits per heavy atom. The average Bonchev–Trinajstić information content (AvgIpc) is 2.73. The highest BCUT2D eigenvalue weighted by atomic mass is 32.1. The van der Waals surface area contributed by atoms with Crippen LogP contribution in [0.4, 0.5) is 0 Å². The van der Waals surface area contributed by atoms with Gasteiger partial charge < -0.3 is 9.84 Å². The molecule has 0 amide bonds. The van der Waals surface area contributed by atoms with Crippen LogP contribution in [0.2, 0.25) is 0 Å². The van der Waals surface area contributed by atoms with Crippen LogP contribution in [0.3, 0.4) is 0 Å². The van der Waals surface area contributed by atoms with Gasteiger partial charge in [0.25, 0.3) is 0 Å². The molecule has 1 rings (SSSR count). The number of ether oxygens (including phenoxy) is 1.